The highest BCUT2D eigenvalue weighted by Gasteiger charge is 2.36. The van der Waals surface area contributed by atoms with Crippen LogP contribution in [0.1, 0.15) is 15.9 Å². The number of hydrogen-bond donors (Lipinski definition) is 0. The first-order valence-corrected chi connectivity index (χ1v) is 8.85. The molecule has 25 heavy (non-hydrogen) atoms. The van der Waals surface area contributed by atoms with Crippen LogP contribution in [0.15, 0.2) is 57.9 Å². The molecule has 0 N–H and O–H groups in total. The molecule has 1 fully saturated rings. The number of Topliss-reactive ketones (excluding diaryl/α,β-unsaturated/α-hetero) is 1. The molecule has 2 amide bonds. The molecule has 2 aromatic carbocycles. The van der Waals surface area contributed by atoms with Gasteiger partial charge >= 0.3 is 0 Å². The van der Waals surface area contributed by atoms with Crippen molar-refractivity contribution >= 4 is 50.7 Å². The van der Waals surface area contributed by atoms with E-state index in [2.05, 4.69) is 15.9 Å². The fraction of sp³-hybridized carbons (Fsp3) is 0.0556. The third-order valence-corrected chi connectivity index (χ3v) is 4.95. The van der Waals surface area contributed by atoms with Gasteiger partial charge in [-0.15, -0.1) is 0 Å². The van der Waals surface area contributed by atoms with Crippen LogP contribution in [0.2, 0.25) is 0 Å². The van der Waals surface area contributed by atoms with Gasteiger partial charge in [0.25, 0.3) is 11.1 Å². The average Bonchev–Trinajstić information content (AvgIpc) is 2.85. The Balaban J connectivity index is 1.76. The molecule has 0 bridgehead atoms. The summed E-state index contributed by atoms with van der Waals surface area (Å²) >= 11 is 4.12. The monoisotopic (exact) mass is 419 g/mol. The lowest BCUT2D eigenvalue weighted by molar-refractivity contribution is -0.122. The van der Waals surface area contributed by atoms with Gasteiger partial charge in [-0.1, -0.05) is 28.1 Å². The molecule has 1 aliphatic rings. The molecule has 0 aliphatic carbocycles. The number of nitrogens with zero attached hydrogens (tertiary/aromatic N) is 1. The number of amides is 2. The number of imide groups is 1. The number of halogens is 2. The molecule has 4 nitrogen and oxygen atoms in total. The normalized spacial score (nSPS) is 15.9. The van der Waals surface area contributed by atoms with Crippen LogP contribution in [0.3, 0.4) is 0 Å². The smallest absolute Gasteiger partial charge is 0.292 e. The summed E-state index contributed by atoms with van der Waals surface area (Å²) in [5.41, 5.74) is 1.02. The average molecular weight is 420 g/mol. The van der Waals surface area contributed by atoms with Gasteiger partial charge in [0.2, 0.25) is 0 Å². The summed E-state index contributed by atoms with van der Waals surface area (Å²) in [4.78, 5) is 37.8. The van der Waals surface area contributed by atoms with Crippen LogP contribution >= 0.6 is 27.7 Å². The highest BCUT2D eigenvalue weighted by atomic mass is 79.9. The third-order valence-electron chi connectivity index (χ3n) is 3.51. The van der Waals surface area contributed by atoms with Crippen molar-refractivity contribution in [2.24, 2.45) is 0 Å². The maximum Gasteiger partial charge on any atom is 0.293 e. The zero-order chi connectivity index (χ0) is 18.0. The first kappa shape index (κ1) is 17.6. The van der Waals surface area contributed by atoms with Crippen LogP contribution < -0.4 is 0 Å². The Morgan fingerprint density at radius 1 is 1.08 bits per heavy atom. The topological polar surface area (TPSA) is 54.5 Å². The molecule has 1 aliphatic heterocycles. The number of benzene rings is 2. The summed E-state index contributed by atoms with van der Waals surface area (Å²) in [6, 6.07) is 12.2. The van der Waals surface area contributed by atoms with E-state index in [-0.39, 0.29) is 17.0 Å². The molecule has 0 aromatic heterocycles. The highest BCUT2D eigenvalue weighted by Crippen LogP contribution is 2.32. The van der Waals surface area contributed by atoms with E-state index in [1.807, 2.05) is 24.3 Å². The fourth-order valence-corrected chi connectivity index (χ4v) is 3.32. The molecule has 1 heterocycles. The van der Waals surface area contributed by atoms with Crippen molar-refractivity contribution in [3.8, 4) is 0 Å². The second-order valence-corrected chi connectivity index (χ2v) is 7.16. The minimum atomic E-state index is -0.506. The molecular formula is C18H11BrFNO3S. The van der Waals surface area contributed by atoms with E-state index in [1.165, 1.54) is 12.1 Å². The standard InChI is InChI=1S/C18H11BrFNO3S/c19-13-5-1-11(2-6-13)9-16-17(23)21(18(24)25-16)10-15(22)12-3-7-14(20)8-4-12/h1-9H,10H2/b16-9+. The number of rotatable bonds is 4. The van der Waals surface area contributed by atoms with Crippen molar-refractivity contribution in [3.05, 3.63) is 74.9 Å². The summed E-state index contributed by atoms with van der Waals surface area (Å²) < 4.78 is 13.8. The van der Waals surface area contributed by atoms with Crippen LogP contribution in [-0.2, 0) is 4.79 Å². The van der Waals surface area contributed by atoms with E-state index >= 15 is 0 Å². The molecule has 1 saturated heterocycles. The van der Waals surface area contributed by atoms with Crippen molar-refractivity contribution in [2.45, 2.75) is 0 Å². The Morgan fingerprint density at radius 3 is 2.36 bits per heavy atom. The predicted molar refractivity (Wildman–Crippen MR) is 97.5 cm³/mol. The summed E-state index contributed by atoms with van der Waals surface area (Å²) in [6.07, 6.45) is 1.61. The van der Waals surface area contributed by atoms with Gasteiger partial charge in [0.05, 0.1) is 11.4 Å². The largest absolute Gasteiger partial charge is 0.293 e. The SMILES string of the molecule is O=C(CN1C(=O)S/C(=C/c2ccc(Br)cc2)C1=O)c1ccc(F)cc1. The van der Waals surface area contributed by atoms with Gasteiger partial charge in [0, 0.05) is 10.0 Å². The lowest BCUT2D eigenvalue weighted by Gasteiger charge is -2.11. The Bertz CT molecular complexity index is 878. The Kier molecular flexibility index (Phi) is 5.15. The number of ketones is 1. The van der Waals surface area contributed by atoms with Crippen LogP contribution in [0, 0.1) is 5.82 Å². The van der Waals surface area contributed by atoms with E-state index in [4.69, 9.17) is 0 Å². The van der Waals surface area contributed by atoms with E-state index in [0.29, 0.717) is 0 Å². The summed E-state index contributed by atoms with van der Waals surface area (Å²) in [7, 11) is 0. The first-order chi connectivity index (χ1) is 11.9. The second-order valence-electron chi connectivity index (χ2n) is 5.25. The number of thioether (sulfide) groups is 1. The molecular weight excluding hydrogens is 409 g/mol. The van der Waals surface area contributed by atoms with Gasteiger partial charge in [0.15, 0.2) is 5.78 Å². The van der Waals surface area contributed by atoms with Gasteiger partial charge in [-0.25, -0.2) is 4.39 Å². The lowest BCUT2D eigenvalue weighted by atomic mass is 10.1. The molecule has 126 valence electrons. The number of carbonyl (C=O) groups excluding carboxylic acids is 3. The maximum absolute atomic E-state index is 12.9. The van der Waals surface area contributed by atoms with Gasteiger partial charge in [0.1, 0.15) is 5.82 Å². The van der Waals surface area contributed by atoms with Crippen molar-refractivity contribution in [1.29, 1.82) is 0 Å². The highest BCUT2D eigenvalue weighted by molar-refractivity contribution is 9.10. The molecule has 0 spiro atoms. The number of hydrogen-bond acceptors (Lipinski definition) is 4. The van der Waals surface area contributed by atoms with E-state index in [9.17, 15) is 18.8 Å². The van der Waals surface area contributed by atoms with Gasteiger partial charge < -0.3 is 0 Å². The van der Waals surface area contributed by atoms with Crippen molar-refractivity contribution in [1.82, 2.24) is 4.90 Å². The van der Waals surface area contributed by atoms with E-state index in [1.54, 1.807) is 6.08 Å². The summed E-state index contributed by atoms with van der Waals surface area (Å²) in [5, 5.41) is -0.496. The minimum absolute atomic E-state index is 0.248. The Labute approximate surface area is 155 Å². The van der Waals surface area contributed by atoms with Gasteiger partial charge in [-0.3, -0.25) is 19.3 Å². The fourth-order valence-electron chi connectivity index (χ4n) is 2.22. The van der Waals surface area contributed by atoms with Crippen molar-refractivity contribution in [2.75, 3.05) is 6.54 Å². The second kappa shape index (κ2) is 7.33. The van der Waals surface area contributed by atoms with E-state index < -0.39 is 22.7 Å². The van der Waals surface area contributed by atoms with Crippen molar-refractivity contribution < 1.29 is 18.8 Å². The van der Waals surface area contributed by atoms with Crippen LogP contribution in [0.5, 0.6) is 0 Å². The molecule has 3 rings (SSSR count). The van der Waals surface area contributed by atoms with Crippen LogP contribution in [0.25, 0.3) is 6.08 Å². The molecule has 7 heteroatoms. The lowest BCUT2D eigenvalue weighted by Crippen LogP contribution is -2.33. The predicted octanol–water partition coefficient (Wildman–Crippen LogP) is 4.51. The maximum atomic E-state index is 12.9. The van der Waals surface area contributed by atoms with Gasteiger partial charge in [-0.2, -0.15) is 0 Å². The van der Waals surface area contributed by atoms with Crippen molar-refractivity contribution in [3.63, 3.8) is 0 Å². The summed E-state index contributed by atoms with van der Waals surface area (Å²) in [6.45, 7) is -0.367. The molecule has 0 radical (unpaired) electrons. The molecule has 0 saturated carbocycles. The molecule has 2 aromatic rings. The molecule has 0 unspecified atom stereocenters. The number of carbonyl (C=O) groups is 3. The Morgan fingerprint density at radius 2 is 1.72 bits per heavy atom. The van der Waals surface area contributed by atoms with Crippen LogP contribution in [-0.4, -0.2) is 28.4 Å². The van der Waals surface area contributed by atoms with Gasteiger partial charge in [-0.05, 0) is 59.8 Å². The zero-order valence-electron chi connectivity index (χ0n) is 12.7. The quantitative estimate of drug-likeness (QED) is 0.540. The third kappa shape index (κ3) is 4.05. The Hall–Kier alpha value is -2.25. The first-order valence-electron chi connectivity index (χ1n) is 7.24. The minimum Gasteiger partial charge on any atom is -0.292 e. The zero-order valence-corrected chi connectivity index (χ0v) is 15.1. The van der Waals surface area contributed by atoms with Crippen LogP contribution in [0.4, 0.5) is 9.18 Å². The molecule has 0 atom stereocenters. The van der Waals surface area contributed by atoms with E-state index in [0.717, 1.165) is 38.8 Å². The summed E-state index contributed by atoms with van der Waals surface area (Å²) in [5.74, 6) is -1.39.